The van der Waals surface area contributed by atoms with E-state index in [0.29, 0.717) is 12.1 Å². The van der Waals surface area contributed by atoms with Crippen LogP contribution in [0.1, 0.15) is 41.4 Å². The van der Waals surface area contributed by atoms with Crippen LogP contribution in [-0.2, 0) is 24.0 Å². The summed E-state index contributed by atoms with van der Waals surface area (Å²) in [6.45, 7) is 0. The number of carboxylic acid groups (broad SMARTS) is 9. The van der Waals surface area contributed by atoms with Gasteiger partial charge in [0, 0.05) is 0 Å². The van der Waals surface area contributed by atoms with E-state index in [0.717, 1.165) is 0 Å². The third-order valence-electron chi connectivity index (χ3n) is 5.44. The van der Waals surface area contributed by atoms with Crippen molar-refractivity contribution in [2.24, 2.45) is 29.6 Å². The highest BCUT2D eigenvalue weighted by molar-refractivity contribution is 6.09. The van der Waals surface area contributed by atoms with Gasteiger partial charge in [-0.05, 0) is 12.1 Å². The number of aromatic carboxylic acids is 4. The zero-order valence-electron chi connectivity index (χ0n) is 18.2. The molecule has 0 spiro atoms. The smallest absolute Gasteiger partial charge is 0.336 e. The van der Waals surface area contributed by atoms with Gasteiger partial charge in [-0.3, -0.25) is 24.0 Å². The molecule has 1 fully saturated rings. The van der Waals surface area contributed by atoms with Gasteiger partial charge in [-0.1, -0.05) is 0 Å². The van der Waals surface area contributed by atoms with Crippen molar-refractivity contribution in [2.75, 3.05) is 0 Å². The van der Waals surface area contributed by atoms with Crippen molar-refractivity contribution < 1.29 is 89.1 Å². The van der Waals surface area contributed by atoms with Crippen LogP contribution >= 0.6 is 0 Å². The van der Waals surface area contributed by atoms with Gasteiger partial charge in [0.15, 0.2) is 0 Å². The largest absolute Gasteiger partial charge is 0.481 e. The van der Waals surface area contributed by atoms with Crippen molar-refractivity contribution in [3.63, 3.8) is 0 Å². The van der Waals surface area contributed by atoms with Gasteiger partial charge in [-0.25, -0.2) is 19.2 Å². The molecule has 0 heterocycles. The lowest BCUT2D eigenvalue weighted by Gasteiger charge is -2.15. The zero-order valence-corrected chi connectivity index (χ0v) is 18.2. The van der Waals surface area contributed by atoms with E-state index in [-0.39, 0.29) is 0 Å². The second-order valence-corrected chi connectivity index (χ2v) is 7.48. The molecule has 0 atom stereocenters. The summed E-state index contributed by atoms with van der Waals surface area (Å²) in [6, 6.07) is 1.02. The lowest BCUT2D eigenvalue weighted by atomic mass is 9.87. The molecule has 1 aromatic carbocycles. The molecular weight excluding hydrogens is 528 g/mol. The average molecular weight is 544 g/mol. The van der Waals surface area contributed by atoms with Gasteiger partial charge in [0.05, 0.1) is 51.8 Å². The van der Waals surface area contributed by atoms with Crippen LogP contribution in [0.2, 0.25) is 0 Å². The van der Waals surface area contributed by atoms with E-state index in [4.69, 9.17) is 46.0 Å². The molecule has 0 bridgehead atoms. The molecule has 2 rings (SSSR count). The highest BCUT2D eigenvalue weighted by Crippen LogP contribution is 2.47. The number of rotatable bonds is 9. The normalized spacial score (nSPS) is 21.7. The molecule has 0 saturated heterocycles. The average Bonchev–Trinajstić information content (AvgIpc) is 3.16. The van der Waals surface area contributed by atoms with E-state index >= 15 is 0 Å². The maximum atomic E-state index is 11.1. The zero-order chi connectivity index (χ0) is 29.8. The molecule has 204 valence electrons. The molecular formula is C20H16O18. The molecule has 0 aliphatic heterocycles. The van der Waals surface area contributed by atoms with Crippen LogP contribution < -0.4 is 0 Å². The Bertz CT molecular complexity index is 1050. The first kappa shape index (κ1) is 30.5. The molecule has 1 aromatic rings. The summed E-state index contributed by atoms with van der Waals surface area (Å²) < 4.78 is 0. The molecule has 0 amide bonds. The van der Waals surface area contributed by atoms with E-state index in [9.17, 15) is 43.2 Å². The second-order valence-electron chi connectivity index (χ2n) is 7.48. The van der Waals surface area contributed by atoms with Crippen molar-refractivity contribution in [2.45, 2.75) is 0 Å². The third-order valence-corrected chi connectivity index (χ3v) is 5.44. The number of carbonyl (C=O) groups is 9. The van der Waals surface area contributed by atoms with Gasteiger partial charge in [-0.15, -0.1) is 0 Å². The van der Waals surface area contributed by atoms with Crippen LogP contribution in [0.15, 0.2) is 12.1 Å². The fourth-order valence-corrected chi connectivity index (χ4v) is 3.96. The monoisotopic (exact) mass is 544 g/mol. The Morgan fingerprint density at radius 1 is 0.342 bits per heavy atom. The van der Waals surface area contributed by atoms with Gasteiger partial charge < -0.3 is 46.0 Å². The minimum absolute atomic E-state index is 0.511. The Balaban J connectivity index is 0.000000382. The summed E-state index contributed by atoms with van der Waals surface area (Å²) in [6.07, 6.45) is 0. The molecule has 18 heteroatoms. The van der Waals surface area contributed by atoms with Crippen LogP contribution in [0.5, 0.6) is 0 Å². The molecule has 38 heavy (non-hydrogen) atoms. The number of hydrogen-bond acceptors (Lipinski definition) is 9. The second kappa shape index (κ2) is 11.5. The van der Waals surface area contributed by atoms with Gasteiger partial charge in [0.2, 0.25) is 0 Å². The fraction of sp³-hybridized carbons (Fsp3) is 0.250. The molecule has 1 aliphatic rings. The molecule has 0 aromatic heterocycles. The minimum atomic E-state index is -2.13. The molecule has 18 nitrogen and oxygen atoms in total. The topological polar surface area (TPSA) is 336 Å². The van der Waals surface area contributed by atoms with Crippen molar-refractivity contribution >= 4 is 53.7 Å². The quantitative estimate of drug-likeness (QED) is 0.179. The number of aliphatic carboxylic acids is 5. The first-order valence-corrected chi connectivity index (χ1v) is 9.61. The summed E-state index contributed by atoms with van der Waals surface area (Å²) in [7, 11) is 0. The summed E-state index contributed by atoms with van der Waals surface area (Å²) in [5, 5.41) is 79.7. The van der Waals surface area contributed by atoms with E-state index in [1.54, 1.807) is 0 Å². The lowest BCUT2D eigenvalue weighted by molar-refractivity contribution is -0.160. The van der Waals surface area contributed by atoms with Gasteiger partial charge in [0.1, 0.15) is 0 Å². The van der Waals surface area contributed by atoms with E-state index in [1.807, 2.05) is 0 Å². The molecule has 9 N–H and O–H groups in total. The fourth-order valence-electron chi connectivity index (χ4n) is 3.96. The predicted octanol–water partition coefficient (Wildman–Crippen LogP) is -1.02. The van der Waals surface area contributed by atoms with Gasteiger partial charge >= 0.3 is 53.7 Å². The number of hydrogen-bond donors (Lipinski definition) is 9. The van der Waals surface area contributed by atoms with Crippen LogP contribution in [0.25, 0.3) is 0 Å². The van der Waals surface area contributed by atoms with E-state index in [2.05, 4.69) is 0 Å². The number of carboxylic acids is 9. The van der Waals surface area contributed by atoms with Crippen molar-refractivity contribution in [1.29, 1.82) is 0 Å². The van der Waals surface area contributed by atoms with Crippen LogP contribution in [0.4, 0.5) is 0 Å². The van der Waals surface area contributed by atoms with Gasteiger partial charge in [-0.2, -0.15) is 0 Å². The minimum Gasteiger partial charge on any atom is -0.481 e. The first-order valence-electron chi connectivity index (χ1n) is 9.61. The van der Waals surface area contributed by atoms with Crippen molar-refractivity contribution in [3.05, 3.63) is 34.4 Å². The summed E-state index contributed by atoms with van der Waals surface area (Å²) >= 11 is 0. The molecule has 0 unspecified atom stereocenters. The van der Waals surface area contributed by atoms with Crippen LogP contribution in [0.3, 0.4) is 0 Å². The standard InChI is InChI=1S/C10H10O10.C10H6O8/c11-6(12)1-2(7(13)14)4(9(17)18)5(10(19)20)3(1)8(15)16;11-7(12)3-1-4(8(13)14)6(10(17)18)2-5(3)9(15)16/h1-5H,(H,11,12)(H,13,14)(H,15,16)(H,17,18)(H,19,20);1-2H,(H,11,12)(H,13,14)(H,15,16)(H,17,18). The SMILES string of the molecule is O=C(O)C1C(C(=O)O)C(C(=O)O)C(C(=O)O)C1C(=O)O.O=C(O)c1cc(C(=O)O)c(C(=O)O)cc1C(=O)O. The van der Waals surface area contributed by atoms with Gasteiger partial charge in [0.25, 0.3) is 0 Å². The third kappa shape index (κ3) is 5.98. The molecule has 0 radical (unpaired) electrons. The van der Waals surface area contributed by atoms with Crippen molar-refractivity contribution in [3.8, 4) is 0 Å². The summed E-state index contributed by atoms with van der Waals surface area (Å²) in [5.74, 6) is -26.6. The number of benzene rings is 1. The van der Waals surface area contributed by atoms with E-state index in [1.165, 1.54) is 0 Å². The van der Waals surface area contributed by atoms with Crippen molar-refractivity contribution in [1.82, 2.24) is 0 Å². The maximum Gasteiger partial charge on any atom is 0.336 e. The maximum absolute atomic E-state index is 11.1. The molecule has 1 saturated carbocycles. The summed E-state index contributed by atoms with van der Waals surface area (Å²) in [4.78, 5) is 98.4. The predicted molar refractivity (Wildman–Crippen MR) is 110 cm³/mol. The lowest BCUT2D eigenvalue weighted by Crippen LogP contribution is -2.35. The Hall–Kier alpha value is -5.55. The Morgan fingerprint density at radius 2 is 0.474 bits per heavy atom. The van der Waals surface area contributed by atoms with Crippen LogP contribution in [-0.4, -0.2) is 99.7 Å². The summed E-state index contributed by atoms with van der Waals surface area (Å²) in [5.41, 5.74) is -3.15. The highest BCUT2D eigenvalue weighted by atomic mass is 16.4. The Morgan fingerprint density at radius 3 is 0.553 bits per heavy atom. The van der Waals surface area contributed by atoms with E-state index < -0.39 is 106 Å². The molecule has 1 aliphatic carbocycles. The first-order chi connectivity index (χ1) is 17.4. The highest BCUT2D eigenvalue weighted by Gasteiger charge is 2.64. The Labute approximate surface area is 207 Å². The van der Waals surface area contributed by atoms with Crippen LogP contribution in [0, 0.1) is 29.6 Å². The Kier molecular flexibility index (Phi) is 9.19.